The van der Waals surface area contributed by atoms with Crippen LogP contribution < -0.4 is 9.62 Å². The first kappa shape index (κ1) is 22.1. The van der Waals surface area contributed by atoms with Crippen LogP contribution in [0.1, 0.15) is 21.5 Å². The molecule has 30 heavy (non-hydrogen) atoms. The van der Waals surface area contributed by atoms with Crippen molar-refractivity contribution >= 4 is 44.8 Å². The molecule has 0 aliphatic carbocycles. The molecule has 0 unspecified atom stereocenters. The van der Waals surface area contributed by atoms with E-state index in [1.165, 1.54) is 4.31 Å². The fourth-order valence-corrected chi connectivity index (χ4v) is 4.18. The molecule has 1 N–H and O–H groups in total. The normalized spacial score (nSPS) is 11.2. The maximum atomic E-state index is 12.4. The molecular formula is C21H19Cl2N3O3S. The summed E-state index contributed by atoms with van der Waals surface area (Å²) in [7, 11) is -3.62. The molecule has 1 aromatic heterocycles. The summed E-state index contributed by atoms with van der Waals surface area (Å²) in [6.07, 6.45) is 4.44. The van der Waals surface area contributed by atoms with Gasteiger partial charge in [0.15, 0.2) is 0 Å². The van der Waals surface area contributed by atoms with Crippen molar-refractivity contribution < 1.29 is 13.2 Å². The van der Waals surface area contributed by atoms with Gasteiger partial charge in [0.1, 0.15) is 0 Å². The molecule has 2 aromatic carbocycles. The second-order valence-corrected chi connectivity index (χ2v) is 9.28. The number of sulfonamides is 1. The van der Waals surface area contributed by atoms with Crippen LogP contribution in [-0.4, -0.2) is 25.6 Å². The first-order chi connectivity index (χ1) is 14.3. The van der Waals surface area contributed by atoms with Crippen molar-refractivity contribution in [3.05, 3.63) is 93.7 Å². The molecule has 6 nitrogen and oxygen atoms in total. The van der Waals surface area contributed by atoms with Gasteiger partial charge in [0.2, 0.25) is 10.0 Å². The van der Waals surface area contributed by atoms with Gasteiger partial charge in [-0.05, 0) is 48.0 Å². The Bertz CT molecular complexity index is 1120. The van der Waals surface area contributed by atoms with E-state index >= 15 is 0 Å². The lowest BCUT2D eigenvalue weighted by molar-refractivity contribution is 0.0951. The minimum absolute atomic E-state index is 0.0239. The molecule has 3 rings (SSSR count). The van der Waals surface area contributed by atoms with E-state index in [9.17, 15) is 13.2 Å². The minimum Gasteiger partial charge on any atom is -0.348 e. The van der Waals surface area contributed by atoms with Gasteiger partial charge in [0.05, 0.1) is 18.5 Å². The molecule has 9 heteroatoms. The number of hydrogen-bond donors (Lipinski definition) is 1. The fraction of sp³-hybridized carbons (Fsp3) is 0.143. The lowest BCUT2D eigenvalue weighted by atomic mass is 10.1. The molecule has 0 spiro atoms. The van der Waals surface area contributed by atoms with Gasteiger partial charge < -0.3 is 5.32 Å². The molecule has 0 radical (unpaired) electrons. The van der Waals surface area contributed by atoms with Gasteiger partial charge in [0, 0.05) is 40.1 Å². The van der Waals surface area contributed by atoms with Crippen molar-refractivity contribution in [1.82, 2.24) is 10.3 Å². The van der Waals surface area contributed by atoms with Crippen LogP contribution in [-0.2, 0) is 23.1 Å². The number of nitrogens with one attached hydrogen (secondary N) is 1. The molecule has 1 heterocycles. The zero-order chi connectivity index (χ0) is 21.7. The highest BCUT2D eigenvalue weighted by Gasteiger charge is 2.21. The molecule has 3 aromatic rings. The summed E-state index contributed by atoms with van der Waals surface area (Å²) in [5.74, 6) is -0.273. The Balaban J connectivity index is 1.78. The summed E-state index contributed by atoms with van der Waals surface area (Å²) >= 11 is 12.4. The summed E-state index contributed by atoms with van der Waals surface area (Å²) < 4.78 is 26.0. The lowest BCUT2D eigenvalue weighted by Crippen LogP contribution is -2.29. The third kappa shape index (κ3) is 5.50. The topological polar surface area (TPSA) is 79.4 Å². The van der Waals surface area contributed by atoms with Crippen molar-refractivity contribution in [2.24, 2.45) is 0 Å². The number of hydrogen-bond acceptors (Lipinski definition) is 4. The maximum absolute atomic E-state index is 12.4. The second-order valence-electron chi connectivity index (χ2n) is 6.56. The van der Waals surface area contributed by atoms with Crippen molar-refractivity contribution in [3.8, 4) is 0 Å². The number of nitrogens with zero attached hydrogens (tertiary/aromatic N) is 2. The van der Waals surface area contributed by atoms with Crippen molar-refractivity contribution in [1.29, 1.82) is 0 Å². The number of amides is 1. The molecule has 0 fully saturated rings. The van der Waals surface area contributed by atoms with E-state index in [2.05, 4.69) is 10.3 Å². The van der Waals surface area contributed by atoms with E-state index in [1.54, 1.807) is 60.9 Å². The van der Waals surface area contributed by atoms with Gasteiger partial charge in [0.25, 0.3) is 5.91 Å². The lowest BCUT2D eigenvalue weighted by Gasteiger charge is -2.23. The molecular weight excluding hydrogens is 445 g/mol. The number of halogens is 2. The van der Waals surface area contributed by atoms with Gasteiger partial charge in [-0.3, -0.25) is 14.1 Å². The first-order valence-electron chi connectivity index (χ1n) is 8.93. The Morgan fingerprint density at radius 3 is 2.27 bits per heavy atom. The van der Waals surface area contributed by atoms with E-state index in [1.807, 2.05) is 6.07 Å². The largest absolute Gasteiger partial charge is 0.348 e. The predicted molar refractivity (Wildman–Crippen MR) is 119 cm³/mol. The highest BCUT2D eigenvalue weighted by atomic mass is 35.5. The number of aromatic nitrogens is 1. The molecule has 0 saturated carbocycles. The van der Waals surface area contributed by atoms with E-state index in [0.29, 0.717) is 33.4 Å². The second kappa shape index (κ2) is 9.47. The molecule has 1 amide bonds. The van der Waals surface area contributed by atoms with Crippen molar-refractivity contribution in [3.63, 3.8) is 0 Å². The summed E-state index contributed by atoms with van der Waals surface area (Å²) in [4.78, 5) is 16.4. The number of carbonyl (C=O) groups is 1. The Hall–Kier alpha value is -2.61. The molecule has 0 atom stereocenters. The average Bonchev–Trinajstić information content (AvgIpc) is 2.72. The Kier molecular flexibility index (Phi) is 6.97. The first-order valence-corrected chi connectivity index (χ1v) is 11.5. The molecule has 0 bridgehead atoms. The standard InChI is InChI=1S/C21H19Cl2N3O3S/c1-30(28,29)26(14-18-19(22)5-2-6-20(18)23)17-9-7-16(8-10-17)21(27)25-13-15-4-3-11-24-12-15/h2-12H,13-14H2,1H3,(H,25,27). The van der Waals surface area contributed by atoms with Gasteiger partial charge in [-0.2, -0.15) is 0 Å². The SMILES string of the molecule is CS(=O)(=O)N(Cc1c(Cl)cccc1Cl)c1ccc(C(=O)NCc2cccnc2)cc1. The average molecular weight is 464 g/mol. The van der Waals surface area contributed by atoms with Crippen LogP contribution in [0.2, 0.25) is 10.0 Å². The van der Waals surface area contributed by atoms with Crippen LogP contribution in [0.5, 0.6) is 0 Å². The van der Waals surface area contributed by atoms with Crippen LogP contribution in [0, 0.1) is 0 Å². The summed E-state index contributed by atoms with van der Waals surface area (Å²) in [6, 6.07) is 14.9. The van der Waals surface area contributed by atoms with Crippen LogP contribution in [0.3, 0.4) is 0 Å². The van der Waals surface area contributed by atoms with Crippen LogP contribution in [0.25, 0.3) is 0 Å². The van der Waals surface area contributed by atoms with Crippen molar-refractivity contribution in [2.45, 2.75) is 13.1 Å². The predicted octanol–water partition coefficient (Wildman–Crippen LogP) is 4.28. The molecule has 0 aliphatic heterocycles. The maximum Gasteiger partial charge on any atom is 0.251 e. The fourth-order valence-electron chi connectivity index (χ4n) is 2.79. The van der Waals surface area contributed by atoms with Crippen LogP contribution >= 0.6 is 23.2 Å². The Morgan fingerprint density at radius 1 is 1.03 bits per heavy atom. The number of rotatable bonds is 7. The number of carbonyl (C=O) groups excluding carboxylic acids is 1. The molecule has 0 saturated heterocycles. The Labute approximate surface area is 185 Å². The smallest absolute Gasteiger partial charge is 0.251 e. The van der Waals surface area contributed by atoms with Gasteiger partial charge >= 0.3 is 0 Å². The summed E-state index contributed by atoms with van der Waals surface area (Å²) in [5.41, 5.74) is 2.19. The van der Waals surface area contributed by atoms with E-state index in [4.69, 9.17) is 23.2 Å². The minimum atomic E-state index is -3.62. The summed E-state index contributed by atoms with van der Waals surface area (Å²) in [5, 5.41) is 3.56. The highest BCUT2D eigenvalue weighted by molar-refractivity contribution is 7.92. The molecule has 0 aliphatic rings. The monoisotopic (exact) mass is 463 g/mol. The van der Waals surface area contributed by atoms with Gasteiger partial charge in [-0.1, -0.05) is 35.3 Å². The number of pyridine rings is 1. The van der Waals surface area contributed by atoms with Crippen LogP contribution in [0.4, 0.5) is 5.69 Å². The quantitative estimate of drug-likeness (QED) is 0.566. The van der Waals surface area contributed by atoms with Gasteiger partial charge in [-0.15, -0.1) is 0 Å². The summed E-state index contributed by atoms with van der Waals surface area (Å²) in [6.45, 7) is 0.318. The zero-order valence-corrected chi connectivity index (χ0v) is 18.4. The van der Waals surface area contributed by atoms with Gasteiger partial charge in [-0.25, -0.2) is 8.42 Å². The van der Waals surface area contributed by atoms with E-state index in [-0.39, 0.29) is 12.5 Å². The third-order valence-corrected chi connectivity index (χ3v) is 6.21. The van der Waals surface area contributed by atoms with E-state index in [0.717, 1.165) is 11.8 Å². The highest BCUT2D eigenvalue weighted by Crippen LogP contribution is 2.29. The van der Waals surface area contributed by atoms with Crippen LogP contribution in [0.15, 0.2) is 67.0 Å². The number of anilines is 1. The van der Waals surface area contributed by atoms with E-state index < -0.39 is 10.0 Å². The van der Waals surface area contributed by atoms with Crippen molar-refractivity contribution in [2.75, 3.05) is 10.6 Å². The number of benzene rings is 2. The molecule has 156 valence electrons. The zero-order valence-electron chi connectivity index (χ0n) is 16.0. The third-order valence-electron chi connectivity index (χ3n) is 4.36. The Morgan fingerprint density at radius 2 is 1.70 bits per heavy atom.